The maximum Gasteiger partial charge on any atom is 0.258 e. The van der Waals surface area contributed by atoms with Crippen LogP contribution in [0.5, 0.6) is 0 Å². The first-order valence-electron chi connectivity index (χ1n) is 8.24. The van der Waals surface area contributed by atoms with Crippen LogP contribution in [0.15, 0.2) is 66.1 Å². The third kappa shape index (κ3) is 4.73. The van der Waals surface area contributed by atoms with Crippen molar-refractivity contribution in [2.24, 2.45) is 7.05 Å². The average molecular weight is 381 g/mol. The predicted molar refractivity (Wildman–Crippen MR) is 106 cm³/mol. The number of para-hydroxylation sites is 1. The molecule has 0 bridgehead atoms. The van der Waals surface area contributed by atoms with E-state index in [-0.39, 0.29) is 17.6 Å². The highest BCUT2D eigenvalue weighted by atomic mass is 32.2. The Kier molecular flexibility index (Phi) is 5.87. The summed E-state index contributed by atoms with van der Waals surface area (Å²) in [7, 11) is 3.54. The number of nitrogens with zero attached hydrogens (tertiary/aromatic N) is 4. The molecule has 0 aliphatic heterocycles. The number of hydrogen-bond donors (Lipinski definition) is 1. The summed E-state index contributed by atoms with van der Waals surface area (Å²) in [4.78, 5) is 26.4. The Hall–Kier alpha value is -3.13. The fraction of sp³-hybridized carbons (Fsp3) is 0.158. The molecule has 0 aliphatic rings. The molecule has 3 aromatic rings. The molecule has 0 saturated carbocycles. The molecule has 0 atom stereocenters. The van der Waals surface area contributed by atoms with Crippen molar-refractivity contribution in [3.05, 3.63) is 66.5 Å². The van der Waals surface area contributed by atoms with Gasteiger partial charge in [0.2, 0.25) is 5.91 Å². The van der Waals surface area contributed by atoms with Crippen LogP contribution in [-0.4, -0.2) is 39.4 Å². The van der Waals surface area contributed by atoms with Crippen LogP contribution in [0.4, 0.5) is 11.4 Å². The largest absolute Gasteiger partial charge is 0.325 e. The van der Waals surface area contributed by atoms with E-state index >= 15 is 0 Å². The second-order valence-corrected chi connectivity index (χ2v) is 6.78. The van der Waals surface area contributed by atoms with Gasteiger partial charge in [0.15, 0.2) is 5.16 Å². The highest BCUT2D eigenvalue weighted by Crippen LogP contribution is 2.18. The molecule has 0 spiro atoms. The van der Waals surface area contributed by atoms with E-state index in [0.717, 1.165) is 5.69 Å². The predicted octanol–water partition coefficient (Wildman–Crippen LogP) is 2.82. The quantitative estimate of drug-likeness (QED) is 0.664. The molecule has 3 rings (SSSR count). The number of aryl methyl sites for hydroxylation is 1. The summed E-state index contributed by atoms with van der Waals surface area (Å²) in [5.41, 5.74) is 1.88. The van der Waals surface area contributed by atoms with Gasteiger partial charge in [-0.05, 0) is 30.3 Å². The molecule has 138 valence electrons. The summed E-state index contributed by atoms with van der Waals surface area (Å²) in [5.74, 6) is -0.121. The molecule has 1 aromatic heterocycles. The Bertz CT molecular complexity index is 942. The van der Waals surface area contributed by atoms with E-state index in [9.17, 15) is 9.59 Å². The van der Waals surface area contributed by atoms with Gasteiger partial charge >= 0.3 is 0 Å². The van der Waals surface area contributed by atoms with Crippen LogP contribution in [0.25, 0.3) is 0 Å². The van der Waals surface area contributed by atoms with Crippen LogP contribution in [0.2, 0.25) is 0 Å². The minimum Gasteiger partial charge on any atom is -0.325 e. The van der Waals surface area contributed by atoms with Gasteiger partial charge in [0.25, 0.3) is 5.91 Å². The Morgan fingerprint density at radius 2 is 1.93 bits per heavy atom. The molecule has 0 saturated heterocycles. The first-order valence-corrected chi connectivity index (χ1v) is 9.23. The zero-order valence-corrected chi connectivity index (χ0v) is 15.8. The number of anilines is 2. The van der Waals surface area contributed by atoms with E-state index in [1.54, 1.807) is 47.1 Å². The molecular weight excluding hydrogens is 362 g/mol. The summed E-state index contributed by atoms with van der Waals surface area (Å²) in [6, 6.07) is 16.3. The number of thioether (sulfide) groups is 1. The number of hydrogen-bond acceptors (Lipinski definition) is 5. The molecule has 0 aliphatic carbocycles. The fourth-order valence-electron chi connectivity index (χ4n) is 2.42. The van der Waals surface area contributed by atoms with Crippen LogP contribution >= 0.6 is 11.8 Å². The van der Waals surface area contributed by atoms with Crippen molar-refractivity contribution in [2.45, 2.75) is 5.16 Å². The van der Waals surface area contributed by atoms with Gasteiger partial charge in [0.05, 0.1) is 5.75 Å². The van der Waals surface area contributed by atoms with E-state index in [0.29, 0.717) is 16.4 Å². The fourth-order valence-corrected chi connectivity index (χ4v) is 3.11. The molecule has 1 heterocycles. The Morgan fingerprint density at radius 1 is 1.15 bits per heavy atom. The number of amides is 2. The van der Waals surface area contributed by atoms with Crippen molar-refractivity contribution in [2.75, 3.05) is 23.0 Å². The number of aromatic nitrogens is 3. The number of rotatable bonds is 6. The number of nitrogens with one attached hydrogen (secondary N) is 1. The van der Waals surface area contributed by atoms with Crippen molar-refractivity contribution >= 4 is 35.0 Å². The number of benzene rings is 2. The van der Waals surface area contributed by atoms with Gasteiger partial charge in [-0.2, -0.15) is 0 Å². The molecule has 27 heavy (non-hydrogen) atoms. The van der Waals surface area contributed by atoms with Crippen LogP contribution in [-0.2, 0) is 11.8 Å². The first-order chi connectivity index (χ1) is 13.0. The van der Waals surface area contributed by atoms with E-state index < -0.39 is 0 Å². The minimum absolute atomic E-state index is 0.147. The van der Waals surface area contributed by atoms with Gasteiger partial charge in [-0.1, -0.05) is 36.0 Å². The zero-order valence-electron chi connectivity index (χ0n) is 15.0. The highest BCUT2D eigenvalue weighted by molar-refractivity contribution is 7.99. The minimum atomic E-state index is -0.177. The van der Waals surface area contributed by atoms with Gasteiger partial charge in [0.1, 0.15) is 6.33 Å². The molecule has 8 heteroatoms. The Morgan fingerprint density at radius 3 is 2.63 bits per heavy atom. The van der Waals surface area contributed by atoms with E-state index in [1.807, 2.05) is 37.4 Å². The van der Waals surface area contributed by atoms with Crippen molar-refractivity contribution in [3.8, 4) is 0 Å². The molecule has 7 nitrogen and oxygen atoms in total. The van der Waals surface area contributed by atoms with Gasteiger partial charge in [0, 0.05) is 31.0 Å². The van der Waals surface area contributed by atoms with Crippen molar-refractivity contribution < 1.29 is 9.59 Å². The molecular formula is C19H19N5O2S. The second-order valence-electron chi connectivity index (χ2n) is 5.84. The van der Waals surface area contributed by atoms with Crippen LogP contribution < -0.4 is 10.2 Å². The van der Waals surface area contributed by atoms with Gasteiger partial charge in [-0.3, -0.25) is 9.59 Å². The van der Waals surface area contributed by atoms with Crippen molar-refractivity contribution in [3.63, 3.8) is 0 Å². The zero-order chi connectivity index (χ0) is 19.2. The Labute approximate surface area is 161 Å². The third-order valence-electron chi connectivity index (χ3n) is 3.84. The smallest absolute Gasteiger partial charge is 0.258 e. The maximum absolute atomic E-state index is 12.7. The number of carbonyl (C=O) groups is 2. The first kappa shape index (κ1) is 18.7. The van der Waals surface area contributed by atoms with E-state index in [1.165, 1.54) is 11.8 Å². The Balaban J connectivity index is 1.63. The lowest BCUT2D eigenvalue weighted by Gasteiger charge is -2.17. The third-order valence-corrected chi connectivity index (χ3v) is 4.88. The average Bonchev–Trinajstić information content (AvgIpc) is 3.11. The topological polar surface area (TPSA) is 80.1 Å². The lowest BCUT2D eigenvalue weighted by molar-refractivity contribution is -0.113. The lowest BCUT2D eigenvalue weighted by atomic mass is 10.1. The maximum atomic E-state index is 12.7. The summed E-state index contributed by atoms with van der Waals surface area (Å²) in [6.45, 7) is 0. The summed E-state index contributed by atoms with van der Waals surface area (Å²) >= 11 is 1.30. The van der Waals surface area contributed by atoms with Crippen LogP contribution in [0.1, 0.15) is 10.4 Å². The van der Waals surface area contributed by atoms with E-state index in [2.05, 4.69) is 15.5 Å². The van der Waals surface area contributed by atoms with Gasteiger partial charge in [-0.25, -0.2) is 0 Å². The molecule has 2 amide bonds. The normalized spacial score (nSPS) is 10.4. The lowest BCUT2D eigenvalue weighted by Crippen LogP contribution is -2.26. The molecule has 0 radical (unpaired) electrons. The second kappa shape index (κ2) is 8.50. The molecule has 1 N–H and O–H groups in total. The summed E-state index contributed by atoms with van der Waals surface area (Å²) in [5, 5.41) is 11.2. The summed E-state index contributed by atoms with van der Waals surface area (Å²) in [6.07, 6.45) is 1.58. The van der Waals surface area contributed by atoms with Crippen LogP contribution in [0, 0.1) is 0 Å². The standard InChI is InChI=1S/C19H19N5O2S/c1-23-13-20-22-19(23)27-12-17(25)21-15-8-6-7-14(11-15)18(26)24(2)16-9-4-3-5-10-16/h3-11,13H,12H2,1-2H3,(H,21,25). The molecule has 2 aromatic carbocycles. The van der Waals surface area contributed by atoms with E-state index in [4.69, 9.17) is 0 Å². The number of carbonyl (C=O) groups excluding carboxylic acids is 2. The van der Waals surface area contributed by atoms with Gasteiger partial charge < -0.3 is 14.8 Å². The SMILES string of the molecule is CN(C(=O)c1cccc(NC(=O)CSc2nncn2C)c1)c1ccccc1. The summed E-state index contributed by atoms with van der Waals surface area (Å²) < 4.78 is 1.75. The van der Waals surface area contributed by atoms with Crippen molar-refractivity contribution in [1.29, 1.82) is 0 Å². The highest BCUT2D eigenvalue weighted by Gasteiger charge is 2.14. The monoisotopic (exact) mass is 381 g/mol. The van der Waals surface area contributed by atoms with Crippen molar-refractivity contribution in [1.82, 2.24) is 14.8 Å². The molecule has 0 fully saturated rings. The van der Waals surface area contributed by atoms with Gasteiger partial charge in [-0.15, -0.1) is 10.2 Å². The van der Waals surface area contributed by atoms with Crippen LogP contribution in [0.3, 0.4) is 0 Å². The molecule has 0 unspecified atom stereocenters.